The Kier molecular flexibility index (Phi) is 9.50. The van der Waals surface area contributed by atoms with Crippen LogP contribution in [0.1, 0.15) is 76.7 Å². The molecule has 0 aliphatic heterocycles. The van der Waals surface area contributed by atoms with Crippen LogP contribution in [-0.4, -0.2) is 18.1 Å². The maximum absolute atomic E-state index is 6.02. The molecule has 0 aliphatic carbocycles. The van der Waals surface area contributed by atoms with Crippen molar-refractivity contribution in [2.45, 2.75) is 77.6 Å². The third-order valence-corrected chi connectivity index (χ3v) is 4.93. The van der Waals surface area contributed by atoms with Crippen molar-refractivity contribution in [3.63, 3.8) is 0 Å². The summed E-state index contributed by atoms with van der Waals surface area (Å²) < 4.78 is 6.02. The molecule has 3 N–H and O–H groups in total. The fraction of sp³-hybridized carbons (Fsp3) is 0.636. The lowest BCUT2D eigenvalue weighted by molar-refractivity contribution is 0.307. The fourth-order valence-corrected chi connectivity index (χ4v) is 3.44. The van der Waals surface area contributed by atoms with Crippen LogP contribution in [0, 0.1) is 0 Å². The molecule has 0 saturated carbocycles. The maximum Gasteiger partial charge on any atom is 0.143 e. The molecule has 0 radical (unpaired) electrons. The Bertz CT molecular complexity index is 591. The summed E-state index contributed by atoms with van der Waals surface area (Å²) in [7, 11) is 0. The summed E-state index contributed by atoms with van der Waals surface area (Å²) in [4.78, 5) is 3.35. The Balaban J connectivity index is 1.60. The van der Waals surface area contributed by atoms with Gasteiger partial charge in [0, 0.05) is 11.6 Å². The minimum Gasteiger partial charge on any atom is -0.491 e. The largest absolute Gasteiger partial charge is 0.491 e. The molecule has 2 aromatic rings. The molecular weight excluding hydrogens is 308 g/mol. The Hall–Kier alpha value is -1.48. The van der Waals surface area contributed by atoms with Gasteiger partial charge in [0.1, 0.15) is 5.75 Å². The van der Waals surface area contributed by atoms with Gasteiger partial charge in [-0.2, -0.15) is 0 Å². The number of aromatic amines is 1. The molecule has 1 aromatic carbocycles. The molecule has 0 amide bonds. The van der Waals surface area contributed by atoms with E-state index in [1.165, 1.54) is 68.7 Å². The summed E-state index contributed by atoms with van der Waals surface area (Å²) in [6.45, 7) is 3.76. The van der Waals surface area contributed by atoms with E-state index in [0.29, 0.717) is 6.54 Å². The van der Waals surface area contributed by atoms with Gasteiger partial charge in [-0.25, -0.2) is 0 Å². The van der Waals surface area contributed by atoms with Crippen LogP contribution in [0.3, 0.4) is 0 Å². The van der Waals surface area contributed by atoms with Crippen LogP contribution in [0.2, 0.25) is 0 Å². The molecule has 0 saturated heterocycles. The minimum atomic E-state index is 0.677. The zero-order valence-electron chi connectivity index (χ0n) is 16.0. The van der Waals surface area contributed by atoms with Gasteiger partial charge in [-0.05, 0) is 31.0 Å². The Morgan fingerprint density at radius 3 is 2.28 bits per heavy atom. The summed E-state index contributed by atoms with van der Waals surface area (Å²) >= 11 is 0. The molecule has 2 rings (SSSR count). The number of nitrogens with two attached hydrogens (primary N) is 1. The molecule has 140 valence electrons. The third-order valence-electron chi connectivity index (χ3n) is 4.93. The van der Waals surface area contributed by atoms with E-state index in [1.54, 1.807) is 0 Å². The molecule has 1 heterocycles. The number of aromatic nitrogens is 1. The lowest BCUT2D eigenvalue weighted by atomic mass is 10.1. The SMILES string of the molecule is CCCCCCCCCCCCOc1cccc2c(CCN)c[nH]c12. The van der Waals surface area contributed by atoms with Crippen LogP contribution >= 0.6 is 0 Å². The second kappa shape index (κ2) is 12.0. The van der Waals surface area contributed by atoms with Gasteiger partial charge in [0.05, 0.1) is 12.1 Å². The summed E-state index contributed by atoms with van der Waals surface area (Å²) in [5, 5.41) is 1.24. The molecule has 0 spiro atoms. The Morgan fingerprint density at radius 2 is 1.60 bits per heavy atom. The van der Waals surface area contributed by atoms with E-state index in [-0.39, 0.29) is 0 Å². The van der Waals surface area contributed by atoms with Gasteiger partial charge >= 0.3 is 0 Å². The predicted molar refractivity (Wildman–Crippen MR) is 108 cm³/mol. The monoisotopic (exact) mass is 344 g/mol. The van der Waals surface area contributed by atoms with Crippen molar-refractivity contribution in [2.75, 3.05) is 13.2 Å². The van der Waals surface area contributed by atoms with Gasteiger partial charge in [-0.1, -0.05) is 76.8 Å². The van der Waals surface area contributed by atoms with Crippen LogP contribution in [0.15, 0.2) is 24.4 Å². The smallest absolute Gasteiger partial charge is 0.143 e. The molecule has 1 aromatic heterocycles. The summed E-state index contributed by atoms with van der Waals surface area (Å²) in [6, 6.07) is 6.27. The van der Waals surface area contributed by atoms with Crippen molar-refractivity contribution < 1.29 is 4.74 Å². The number of hydrogen-bond acceptors (Lipinski definition) is 2. The van der Waals surface area contributed by atoms with Gasteiger partial charge in [0.25, 0.3) is 0 Å². The zero-order valence-corrected chi connectivity index (χ0v) is 16.0. The number of ether oxygens (including phenoxy) is 1. The van der Waals surface area contributed by atoms with E-state index in [2.05, 4.69) is 36.3 Å². The topological polar surface area (TPSA) is 51.0 Å². The highest BCUT2D eigenvalue weighted by atomic mass is 16.5. The number of hydrogen-bond donors (Lipinski definition) is 2. The molecule has 3 nitrogen and oxygen atoms in total. The van der Waals surface area contributed by atoms with Crippen LogP contribution < -0.4 is 10.5 Å². The molecule has 0 unspecified atom stereocenters. The first-order valence-electron chi connectivity index (χ1n) is 10.3. The highest BCUT2D eigenvalue weighted by molar-refractivity contribution is 5.88. The first kappa shape index (κ1) is 19.8. The Morgan fingerprint density at radius 1 is 0.920 bits per heavy atom. The number of fused-ring (bicyclic) bond motifs is 1. The van der Waals surface area contributed by atoms with Crippen molar-refractivity contribution in [3.05, 3.63) is 30.0 Å². The molecule has 0 bridgehead atoms. The molecule has 25 heavy (non-hydrogen) atoms. The lowest BCUT2D eigenvalue weighted by Crippen LogP contribution is -2.01. The predicted octanol–water partition coefficient (Wildman–Crippen LogP) is 5.97. The van der Waals surface area contributed by atoms with Gasteiger partial charge in [0.2, 0.25) is 0 Å². The molecule has 0 atom stereocenters. The van der Waals surface area contributed by atoms with E-state index >= 15 is 0 Å². The van der Waals surface area contributed by atoms with Crippen LogP contribution in [0.5, 0.6) is 5.75 Å². The van der Waals surface area contributed by atoms with Gasteiger partial charge in [-0.3, -0.25) is 0 Å². The zero-order chi connectivity index (χ0) is 17.7. The van der Waals surface area contributed by atoms with E-state index < -0.39 is 0 Å². The summed E-state index contributed by atoms with van der Waals surface area (Å²) in [6.07, 6.45) is 16.5. The highest BCUT2D eigenvalue weighted by Gasteiger charge is 2.07. The van der Waals surface area contributed by atoms with Crippen LogP contribution in [0.25, 0.3) is 10.9 Å². The average molecular weight is 345 g/mol. The summed E-state index contributed by atoms with van der Waals surface area (Å²) in [5.74, 6) is 0.969. The second-order valence-electron chi connectivity index (χ2n) is 7.06. The minimum absolute atomic E-state index is 0.677. The number of nitrogens with one attached hydrogen (secondary N) is 1. The van der Waals surface area contributed by atoms with Crippen molar-refractivity contribution in [1.29, 1.82) is 0 Å². The van der Waals surface area contributed by atoms with Crippen molar-refractivity contribution in [2.24, 2.45) is 5.73 Å². The van der Waals surface area contributed by atoms with Crippen LogP contribution in [0.4, 0.5) is 0 Å². The first-order valence-corrected chi connectivity index (χ1v) is 10.3. The van der Waals surface area contributed by atoms with Crippen LogP contribution in [-0.2, 0) is 6.42 Å². The second-order valence-corrected chi connectivity index (χ2v) is 7.06. The van der Waals surface area contributed by atoms with Gasteiger partial charge in [-0.15, -0.1) is 0 Å². The van der Waals surface area contributed by atoms with Crippen molar-refractivity contribution in [3.8, 4) is 5.75 Å². The number of rotatable bonds is 14. The van der Waals surface area contributed by atoms with Crippen molar-refractivity contribution in [1.82, 2.24) is 4.98 Å². The van der Waals surface area contributed by atoms with Crippen molar-refractivity contribution >= 4 is 10.9 Å². The molecule has 0 aliphatic rings. The Labute approximate surface area is 153 Å². The molecular formula is C22H36N2O. The third kappa shape index (κ3) is 6.74. The first-order chi connectivity index (χ1) is 12.4. The number of unbranched alkanes of at least 4 members (excludes halogenated alkanes) is 9. The maximum atomic E-state index is 6.02. The standard InChI is InChI=1S/C22H36N2O/c1-2-3-4-5-6-7-8-9-10-11-17-25-21-14-12-13-20-19(15-16-23)18-24-22(20)21/h12-14,18,24H,2-11,15-17,23H2,1H3. The van der Waals surface area contributed by atoms with E-state index in [0.717, 1.165) is 30.7 Å². The average Bonchev–Trinajstić information content (AvgIpc) is 3.04. The van der Waals surface area contributed by atoms with E-state index in [4.69, 9.17) is 10.5 Å². The van der Waals surface area contributed by atoms with Gasteiger partial charge < -0.3 is 15.5 Å². The quantitative estimate of drug-likeness (QED) is 0.415. The highest BCUT2D eigenvalue weighted by Crippen LogP contribution is 2.27. The number of H-pyrrole nitrogens is 1. The fourth-order valence-electron chi connectivity index (χ4n) is 3.44. The molecule has 3 heteroatoms. The van der Waals surface area contributed by atoms with Gasteiger partial charge in [0.15, 0.2) is 0 Å². The van der Waals surface area contributed by atoms with E-state index in [9.17, 15) is 0 Å². The molecule has 0 fully saturated rings. The van der Waals surface area contributed by atoms with E-state index in [1.807, 2.05) is 0 Å². The normalized spacial score (nSPS) is 11.3. The lowest BCUT2D eigenvalue weighted by Gasteiger charge is -2.08. The summed E-state index contributed by atoms with van der Waals surface area (Å²) in [5.41, 5.74) is 8.07. The number of para-hydroxylation sites is 1. The number of benzene rings is 1.